The molecule has 106 valence electrons. The second-order valence-corrected chi connectivity index (χ2v) is 4.95. The fraction of sp³-hybridized carbons (Fsp3) is 0.600. The minimum atomic E-state index is 0.200. The van der Waals surface area contributed by atoms with Crippen LogP contribution >= 0.6 is 0 Å². The van der Waals surface area contributed by atoms with Crippen LogP contribution in [0.5, 0.6) is 11.5 Å². The second-order valence-electron chi connectivity index (χ2n) is 4.95. The highest BCUT2D eigenvalue weighted by molar-refractivity contribution is 5.41. The molecule has 0 aromatic heterocycles. The zero-order valence-corrected chi connectivity index (χ0v) is 11.5. The van der Waals surface area contributed by atoms with E-state index < -0.39 is 0 Å². The molecular weight excluding hydrogens is 242 g/mol. The summed E-state index contributed by atoms with van der Waals surface area (Å²) in [5, 5.41) is 13.1. The fourth-order valence-corrected chi connectivity index (χ4v) is 2.33. The third-order valence-electron chi connectivity index (χ3n) is 3.34. The number of phenols is 1. The van der Waals surface area contributed by atoms with Crippen molar-refractivity contribution in [2.24, 2.45) is 5.92 Å². The van der Waals surface area contributed by atoms with E-state index in [0.717, 1.165) is 31.9 Å². The average Bonchev–Trinajstić information content (AvgIpc) is 2.44. The summed E-state index contributed by atoms with van der Waals surface area (Å²) in [4.78, 5) is 0. The monoisotopic (exact) mass is 265 g/mol. The Bertz CT molecular complexity index is 389. The van der Waals surface area contributed by atoms with Crippen LogP contribution in [-0.2, 0) is 11.3 Å². The fourth-order valence-electron chi connectivity index (χ4n) is 2.33. The molecule has 0 radical (unpaired) electrons. The van der Waals surface area contributed by atoms with Crippen molar-refractivity contribution in [2.75, 3.05) is 26.4 Å². The van der Waals surface area contributed by atoms with Crippen LogP contribution in [0.2, 0.25) is 0 Å². The van der Waals surface area contributed by atoms with Crippen LogP contribution < -0.4 is 10.1 Å². The van der Waals surface area contributed by atoms with Crippen LogP contribution in [0.4, 0.5) is 0 Å². The van der Waals surface area contributed by atoms with Crippen LogP contribution in [0.1, 0.15) is 25.3 Å². The van der Waals surface area contributed by atoms with Crippen LogP contribution in [-0.4, -0.2) is 31.5 Å². The van der Waals surface area contributed by atoms with E-state index in [9.17, 15) is 5.11 Å². The van der Waals surface area contributed by atoms with Gasteiger partial charge in [-0.15, -0.1) is 0 Å². The first-order valence-corrected chi connectivity index (χ1v) is 7.02. The molecule has 0 amide bonds. The van der Waals surface area contributed by atoms with Crippen molar-refractivity contribution in [1.29, 1.82) is 0 Å². The van der Waals surface area contributed by atoms with Gasteiger partial charge in [0.1, 0.15) is 0 Å². The van der Waals surface area contributed by atoms with Crippen molar-refractivity contribution in [2.45, 2.75) is 26.3 Å². The SMILES string of the molecule is CCOc1cc(CNCC2CCCOC2)ccc1O. The Balaban J connectivity index is 1.80. The molecule has 1 aliphatic rings. The summed E-state index contributed by atoms with van der Waals surface area (Å²) < 4.78 is 10.8. The Morgan fingerprint density at radius 3 is 3.11 bits per heavy atom. The normalized spacial score (nSPS) is 19.3. The standard InChI is InChI=1S/C15H23NO3/c1-2-19-15-8-12(5-6-14(15)17)9-16-10-13-4-3-7-18-11-13/h5-6,8,13,16-17H,2-4,7,9-11H2,1H3. The number of benzene rings is 1. The van der Waals surface area contributed by atoms with Crippen molar-refractivity contribution in [3.8, 4) is 11.5 Å². The largest absolute Gasteiger partial charge is 0.504 e. The Kier molecular flexibility index (Phi) is 5.48. The molecule has 19 heavy (non-hydrogen) atoms. The van der Waals surface area contributed by atoms with Crippen LogP contribution in [0.25, 0.3) is 0 Å². The van der Waals surface area contributed by atoms with E-state index in [1.165, 1.54) is 12.8 Å². The number of nitrogens with one attached hydrogen (secondary N) is 1. The van der Waals surface area contributed by atoms with Gasteiger partial charge in [0.2, 0.25) is 0 Å². The molecule has 1 atom stereocenters. The highest BCUT2D eigenvalue weighted by Crippen LogP contribution is 2.26. The highest BCUT2D eigenvalue weighted by Gasteiger charge is 2.13. The molecular formula is C15H23NO3. The van der Waals surface area contributed by atoms with Gasteiger partial charge >= 0.3 is 0 Å². The number of aromatic hydroxyl groups is 1. The molecule has 0 spiro atoms. The molecule has 1 aliphatic heterocycles. The lowest BCUT2D eigenvalue weighted by molar-refractivity contribution is 0.0547. The van der Waals surface area contributed by atoms with E-state index in [4.69, 9.17) is 9.47 Å². The number of hydrogen-bond acceptors (Lipinski definition) is 4. The maximum absolute atomic E-state index is 9.63. The van der Waals surface area contributed by atoms with Gasteiger partial charge in [-0.25, -0.2) is 0 Å². The number of ether oxygens (including phenoxy) is 2. The summed E-state index contributed by atoms with van der Waals surface area (Å²) in [7, 11) is 0. The molecule has 2 N–H and O–H groups in total. The molecule has 0 bridgehead atoms. The summed E-state index contributed by atoms with van der Waals surface area (Å²) in [5.41, 5.74) is 1.12. The maximum Gasteiger partial charge on any atom is 0.161 e. The third kappa shape index (κ3) is 4.40. The number of rotatable bonds is 6. The van der Waals surface area contributed by atoms with E-state index in [-0.39, 0.29) is 5.75 Å². The van der Waals surface area contributed by atoms with Crippen LogP contribution in [0.3, 0.4) is 0 Å². The molecule has 1 heterocycles. The van der Waals surface area contributed by atoms with E-state index in [2.05, 4.69) is 5.32 Å². The van der Waals surface area contributed by atoms with E-state index in [0.29, 0.717) is 18.3 Å². The topological polar surface area (TPSA) is 50.7 Å². The smallest absolute Gasteiger partial charge is 0.161 e. The first-order chi connectivity index (χ1) is 9.29. The van der Waals surface area contributed by atoms with Gasteiger partial charge in [-0.1, -0.05) is 6.07 Å². The van der Waals surface area contributed by atoms with Gasteiger partial charge in [-0.3, -0.25) is 0 Å². The Hall–Kier alpha value is -1.26. The summed E-state index contributed by atoms with van der Waals surface area (Å²) in [6, 6.07) is 5.50. The van der Waals surface area contributed by atoms with E-state index >= 15 is 0 Å². The van der Waals surface area contributed by atoms with Crippen LogP contribution in [0, 0.1) is 5.92 Å². The minimum absolute atomic E-state index is 0.200. The molecule has 1 saturated heterocycles. The quantitative estimate of drug-likeness (QED) is 0.828. The van der Waals surface area contributed by atoms with Crippen LogP contribution in [0.15, 0.2) is 18.2 Å². The summed E-state index contributed by atoms with van der Waals surface area (Å²) in [6.45, 7) is 6.01. The van der Waals surface area contributed by atoms with Gasteiger partial charge in [0.25, 0.3) is 0 Å². The predicted molar refractivity (Wildman–Crippen MR) is 74.5 cm³/mol. The predicted octanol–water partition coefficient (Wildman–Crippen LogP) is 2.31. The van der Waals surface area contributed by atoms with Crippen molar-refractivity contribution in [1.82, 2.24) is 5.32 Å². The first kappa shape index (κ1) is 14.2. The lowest BCUT2D eigenvalue weighted by Gasteiger charge is -2.22. The van der Waals surface area contributed by atoms with Gasteiger partial charge in [0.15, 0.2) is 11.5 Å². The summed E-state index contributed by atoms with van der Waals surface area (Å²) in [5.74, 6) is 1.38. The van der Waals surface area contributed by atoms with Gasteiger partial charge in [-0.2, -0.15) is 0 Å². The van der Waals surface area contributed by atoms with E-state index in [1.807, 2.05) is 19.1 Å². The lowest BCUT2D eigenvalue weighted by atomic mass is 10.0. The number of hydrogen-bond donors (Lipinski definition) is 2. The van der Waals surface area contributed by atoms with Gasteiger partial charge in [0, 0.05) is 19.7 Å². The van der Waals surface area contributed by atoms with Crippen molar-refractivity contribution >= 4 is 0 Å². The number of phenolic OH excluding ortho intramolecular Hbond substituents is 1. The molecule has 2 rings (SSSR count). The Labute approximate surface area is 114 Å². The van der Waals surface area contributed by atoms with Gasteiger partial charge < -0.3 is 19.9 Å². The zero-order chi connectivity index (χ0) is 13.5. The Morgan fingerprint density at radius 1 is 1.47 bits per heavy atom. The maximum atomic E-state index is 9.63. The van der Waals surface area contributed by atoms with Crippen molar-refractivity contribution in [3.63, 3.8) is 0 Å². The first-order valence-electron chi connectivity index (χ1n) is 7.02. The zero-order valence-electron chi connectivity index (χ0n) is 11.5. The van der Waals surface area contributed by atoms with E-state index in [1.54, 1.807) is 6.07 Å². The molecule has 0 saturated carbocycles. The Morgan fingerprint density at radius 2 is 2.37 bits per heavy atom. The van der Waals surface area contributed by atoms with Crippen molar-refractivity contribution < 1.29 is 14.6 Å². The average molecular weight is 265 g/mol. The molecule has 4 heteroatoms. The molecule has 1 fully saturated rings. The van der Waals surface area contributed by atoms with Gasteiger partial charge in [-0.05, 0) is 43.4 Å². The minimum Gasteiger partial charge on any atom is -0.504 e. The molecule has 1 aromatic carbocycles. The second kappa shape index (κ2) is 7.36. The summed E-state index contributed by atoms with van der Waals surface area (Å²) in [6.07, 6.45) is 2.41. The summed E-state index contributed by atoms with van der Waals surface area (Å²) >= 11 is 0. The molecule has 1 unspecified atom stereocenters. The lowest BCUT2D eigenvalue weighted by Crippen LogP contribution is -2.28. The van der Waals surface area contributed by atoms with Crippen molar-refractivity contribution in [3.05, 3.63) is 23.8 Å². The van der Waals surface area contributed by atoms with Gasteiger partial charge in [0.05, 0.1) is 13.2 Å². The molecule has 1 aromatic rings. The molecule has 4 nitrogen and oxygen atoms in total. The highest BCUT2D eigenvalue weighted by atomic mass is 16.5. The third-order valence-corrected chi connectivity index (χ3v) is 3.34. The molecule has 0 aliphatic carbocycles.